The molecule has 0 aliphatic carbocycles. The van der Waals surface area contributed by atoms with Gasteiger partial charge in [-0.05, 0) is 73.6 Å². The molecule has 0 atom stereocenters. The van der Waals surface area contributed by atoms with Crippen LogP contribution in [0.2, 0.25) is 0 Å². The summed E-state index contributed by atoms with van der Waals surface area (Å²) < 4.78 is 0. The molecule has 0 aliphatic heterocycles. The first-order valence-corrected chi connectivity index (χ1v) is 9.09. The van der Waals surface area contributed by atoms with Crippen LogP contribution in [0.5, 0.6) is 0 Å². The lowest BCUT2D eigenvalue weighted by Gasteiger charge is -2.12. The van der Waals surface area contributed by atoms with Crippen molar-refractivity contribution in [2.75, 3.05) is 11.9 Å². The van der Waals surface area contributed by atoms with Crippen molar-refractivity contribution < 1.29 is 0 Å². The SMILES string of the molecule is Cc1ccccc1NC(=S)NCCc1cc2ccc(C)c(C)c2[nH]c1=O. The Kier molecular flexibility index (Phi) is 5.38. The van der Waals surface area contributed by atoms with Gasteiger partial charge < -0.3 is 15.6 Å². The van der Waals surface area contributed by atoms with Crippen molar-refractivity contribution in [2.24, 2.45) is 0 Å². The quantitative estimate of drug-likeness (QED) is 0.612. The zero-order chi connectivity index (χ0) is 18.7. The number of rotatable bonds is 4. The molecule has 0 aliphatic rings. The summed E-state index contributed by atoms with van der Waals surface area (Å²) in [6.45, 7) is 6.71. The number of hydrogen-bond acceptors (Lipinski definition) is 2. The van der Waals surface area contributed by atoms with Gasteiger partial charge in [0.1, 0.15) is 0 Å². The molecule has 3 N–H and O–H groups in total. The first-order valence-electron chi connectivity index (χ1n) is 8.68. The van der Waals surface area contributed by atoms with E-state index in [1.54, 1.807) is 0 Å². The van der Waals surface area contributed by atoms with Crippen molar-refractivity contribution in [1.82, 2.24) is 10.3 Å². The van der Waals surface area contributed by atoms with Gasteiger partial charge in [0, 0.05) is 17.8 Å². The van der Waals surface area contributed by atoms with Gasteiger partial charge in [-0.15, -0.1) is 0 Å². The predicted octanol–water partition coefficient (Wildman–Crippen LogP) is 3.98. The monoisotopic (exact) mass is 365 g/mol. The zero-order valence-corrected chi connectivity index (χ0v) is 16.1. The zero-order valence-electron chi connectivity index (χ0n) is 15.3. The maximum absolute atomic E-state index is 12.4. The Morgan fingerprint density at radius 3 is 2.62 bits per heavy atom. The molecule has 0 amide bonds. The highest BCUT2D eigenvalue weighted by Crippen LogP contribution is 2.19. The summed E-state index contributed by atoms with van der Waals surface area (Å²) >= 11 is 5.34. The summed E-state index contributed by atoms with van der Waals surface area (Å²) in [6.07, 6.45) is 0.605. The summed E-state index contributed by atoms with van der Waals surface area (Å²) in [4.78, 5) is 15.4. The largest absolute Gasteiger partial charge is 0.362 e. The van der Waals surface area contributed by atoms with Crippen molar-refractivity contribution in [3.05, 3.63) is 75.1 Å². The molecular formula is C21H23N3OS. The van der Waals surface area contributed by atoms with Crippen LogP contribution in [0.15, 0.2) is 47.3 Å². The molecule has 0 radical (unpaired) electrons. The fourth-order valence-electron chi connectivity index (χ4n) is 2.95. The molecule has 1 heterocycles. The third-order valence-corrected chi connectivity index (χ3v) is 4.95. The highest BCUT2D eigenvalue weighted by molar-refractivity contribution is 7.80. The van der Waals surface area contributed by atoms with E-state index in [0.29, 0.717) is 18.1 Å². The highest BCUT2D eigenvalue weighted by atomic mass is 32.1. The summed E-state index contributed by atoms with van der Waals surface area (Å²) in [5.41, 5.74) is 6.05. The number of pyridine rings is 1. The third kappa shape index (κ3) is 3.94. The average Bonchev–Trinajstić information content (AvgIpc) is 2.61. The average molecular weight is 366 g/mol. The number of anilines is 1. The molecule has 4 nitrogen and oxygen atoms in total. The number of thiocarbonyl (C=S) groups is 1. The molecule has 1 aromatic heterocycles. The van der Waals surface area contributed by atoms with Crippen LogP contribution in [0.4, 0.5) is 5.69 Å². The summed E-state index contributed by atoms with van der Waals surface area (Å²) in [5.74, 6) is 0. The van der Waals surface area contributed by atoms with Gasteiger partial charge >= 0.3 is 0 Å². The second kappa shape index (κ2) is 7.70. The Bertz CT molecular complexity index is 1020. The van der Waals surface area contributed by atoms with Crippen LogP contribution in [0.25, 0.3) is 10.9 Å². The van der Waals surface area contributed by atoms with Gasteiger partial charge in [0.15, 0.2) is 5.11 Å². The minimum absolute atomic E-state index is 0.0363. The molecular weight excluding hydrogens is 342 g/mol. The number of para-hydroxylation sites is 1. The number of H-pyrrole nitrogens is 1. The molecule has 0 fully saturated rings. The van der Waals surface area contributed by atoms with E-state index in [9.17, 15) is 4.79 Å². The Labute approximate surface area is 158 Å². The number of aromatic nitrogens is 1. The first kappa shape index (κ1) is 18.1. The molecule has 0 saturated heterocycles. The number of aromatic amines is 1. The van der Waals surface area contributed by atoms with E-state index in [1.165, 1.54) is 5.56 Å². The third-order valence-electron chi connectivity index (χ3n) is 4.70. The minimum Gasteiger partial charge on any atom is -0.362 e. The molecule has 0 unspecified atom stereocenters. The van der Waals surface area contributed by atoms with E-state index in [0.717, 1.165) is 33.3 Å². The van der Waals surface area contributed by atoms with E-state index in [-0.39, 0.29) is 5.56 Å². The van der Waals surface area contributed by atoms with Crippen LogP contribution >= 0.6 is 12.2 Å². The summed E-state index contributed by atoms with van der Waals surface area (Å²) in [7, 11) is 0. The molecule has 2 aromatic carbocycles. The fourth-order valence-corrected chi connectivity index (χ4v) is 3.16. The Morgan fingerprint density at radius 2 is 1.85 bits per heavy atom. The van der Waals surface area contributed by atoms with Crippen LogP contribution in [0, 0.1) is 20.8 Å². The van der Waals surface area contributed by atoms with Crippen LogP contribution in [-0.2, 0) is 6.42 Å². The lowest BCUT2D eigenvalue weighted by atomic mass is 10.0. The summed E-state index contributed by atoms with van der Waals surface area (Å²) in [6, 6.07) is 14.1. The smallest absolute Gasteiger partial charge is 0.251 e. The van der Waals surface area contributed by atoms with E-state index in [2.05, 4.69) is 27.8 Å². The topological polar surface area (TPSA) is 56.9 Å². The van der Waals surface area contributed by atoms with Crippen LogP contribution in [0.3, 0.4) is 0 Å². The van der Waals surface area contributed by atoms with Gasteiger partial charge in [0.25, 0.3) is 5.56 Å². The number of nitrogens with one attached hydrogen (secondary N) is 3. The maximum Gasteiger partial charge on any atom is 0.251 e. The van der Waals surface area contributed by atoms with Crippen LogP contribution in [-0.4, -0.2) is 16.6 Å². The second-order valence-corrected chi connectivity index (χ2v) is 6.95. The molecule has 0 saturated carbocycles. The number of benzene rings is 2. The van der Waals surface area contributed by atoms with E-state index in [1.807, 2.05) is 51.1 Å². The van der Waals surface area contributed by atoms with Crippen LogP contribution in [0.1, 0.15) is 22.3 Å². The highest BCUT2D eigenvalue weighted by Gasteiger charge is 2.07. The standard InChI is InChI=1S/C21H23N3OS/c1-13-8-9-16-12-17(20(25)24-19(16)15(13)3)10-11-22-21(26)23-18-7-5-4-6-14(18)2/h4-9,12H,10-11H2,1-3H3,(H,24,25)(H2,22,23,26). The fraction of sp³-hybridized carbons (Fsp3) is 0.238. The molecule has 3 rings (SSSR count). The minimum atomic E-state index is -0.0363. The Morgan fingerprint density at radius 1 is 1.08 bits per heavy atom. The lowest BCUT2D eigenvalue weighted by Crippen LogP contribution is -2.31. The van der Waals surface area contributed by atoms with E-state index >= 15 is 0 Å². The normalized spacial score (nSPS) is 10.7. The predicted molar refractivity (Wildman–Crippen MR) is 113 cm³/mol. The van der Waals surface area contributed by atoms with E-state index in [4.69, 9.17) is 12.2 Å². The van der Waals surface area contributed by atoms with Gasteiger partial charge in [-0.2, -0.15) is 0 Å². The summed E-state index contributed by atoms with van der Waals surface area (Å²) in [5, 5.41) is 7.98. The van der Waals surface area contributed by atoms with Crippen molar-refractivity contribution in [3.63, 3.8) is 0 Å². The van der Waals surface area contributed by atoms with Crippen molar-refractivity contribution >= 4 is 33.9 Å². The van der Waals surface area contributed by atoms with Gasteiger partial charge in [-0.25, -0.2) is 0 Å². The van der Waals surface area contributed by atoms with E-state index < -0.39 is 0 Å². The molecule has 0 bridgehead atoms. The Hall–Kier alpha value is -2.66. The van der Waals surface area contributed by atoms with Gasteiger partial charge in [-0.1, -0.05) is 30.3 Å². The molecule has 0 spiro atoms. The lowest BCUT2D eigenvalue weighted by molar-refractivity contribution is 0.863. The van der Waals surface area contributed by atoms with Gasteiger partial charge in [0.2, 0.25) is 0 Å². The van der Waals surface area contributed by atoms with Gasteiger partial charge in [-0.3, -0.25) is 4.79 Å². The molecule has 5 heteroatoms. The molecule has 26 heavy (non-hydrogen) atoms. The first-order chi connectivity index (χ1) is 12.5. The molecule has 3 aromatic rings. The maximum atomic E-state index is 12.4. The number of fused-ring (bicyclic) bond motifs is 1. The van der Waals surface area contributed by atoms with Crippen molar-refractivity contribution in [2.45, 2.75) is 27.2 Å². The van der Waals surface area contributed by atoms with Crippen LogP contribution < -0.4 is 16.2 Å². The number of hydrogen-bond donors (Lipinski definition) is 3. The number of aryl methyl sites for hydroxylation is 3. The van der Waals surface area contributed by atoms with Gasteiger partial charge in [0.05, 0.1) is 5.52 Å². The van der Waals surface area contributed by atoms with Crippen molar-refractivity contribution in [1.29, 1.82) is 0 Å². The molecule has 134 valence electrons. The Balaban J connectivity index is 1.65. The van der Waals surface area contributed by atoms with Crippen molar-refractivity contribution in [3.8, 4) is 0 Å². The second-order valence-electron chi connectivity index (χ2n) is 6.54.